The summed E-state index contributed by atoms with van der Waals surface area (Å²) in [7, 11) is 1.60. The normalized spacial score (nSPS) is 10.3. The van der Waals surface area contributed by atoms with Gasteiger partial charge in [0.2, 0.25) is 0 Å². The van der Waals surface area contributed by atoms with E-state index in [4.69, 9.17) is 4.74 Å². The summed E-state index contributed by atoms with van der Waals surface area (Å²) in [5, 5.41) is 6.11. The molecule has 3 aromatic carbocycles. The highest BCUT2D eigenvalue weighted by molar-refractivity contribution is 6.03. The summed E-state index contributed by atoms with van der Waals surface area (Å²) >= 11 is 0. The summed E-state index contributed by atoms with van der Waals surface area (Å²) in [6.07, 6.45) is 0. The van der Waals surface area contributed by atoms with Gasteiger partial charge in [0.25, 0.3) is 5.91 Å². The van der Waals surface area contributed by atoms with Crippen molar-refractivity contribution in [1.82, 2.24) is 9.97 Å². The molecule has 0 radical (unpaired) electrons. The van der Waals surface area contributed by atoms with Gasteiger partial charge in [0, 0.05) is 23.0 Å². The van der Waals surface area contributed by atoms with Crippen LogP contribution in [0.3, 0.4) is 0 Å². The first-order valence-electron chi connectivity index (χ1n) is 9.43. The smallest absolute Gasteiger partial charge is 0.274 e. The van der Waals surface area contributed by atoms with Gasteiger partial charge in [0.15, 0.2) is 5.82 Å². The molecule has 0 spiro atoms. The molecule has 0 aliphatic heterocycles. The van der Waals surface area contributed by atoms with Crippen LogP contribution < -0.4 is 15.4 Å². The molecule has 1 aromatic heterocycles. The lowest BCUT2D eigenvalue weighted by atomic mass is 10.2. The molecule has 4 rings (SSSR count). The lowest BCUT2D eigenvalue weighted by Gasteiger charge is -2.11. The van der Waals surface area contributed by atoms with Gasteiger partial charge in [-0.3, -0.25) is 4.79 Å². The third-order valence-electron chi connectivity index (χ3n) is 4.38. The van der Waals surface area contributed by atoms with Crippen LogP contribution in [0.2, 0.25) is 0 Å². The molecule has 6 nitrogen and oxygen atoms in total. The zero-order chi connectivity index (χ0) is 20.8. The first-order valence-corrected chi connectivity index (χ1v) is 9.43. The van der Waals surface area contributed by atoms with E-state index in [1.807, 2.05) is 60.7 Å². The fourth-order valence-electron chi connectivity index (χ4n) is 2.88. The number of nitrogens with zero attached hydrogens (tertiary/aromatic N) is 2. The fraction of sp³-hybridized carbons (Fsp3) is 0.0417. The van der Waals surface area contributed by atoms with Gasteiger partial charge in [-0.25, -0.2) is 9.97 Å². The summed E-state index contributed by atoms with van der Waals surface area (Å²) < 4.78 is 5.15. The zero-order valence-corrected chi connectivity index (χ0v) is 16.4. The Morgan fingerprint density at radius 2 is 1.47 bits per heavy atom. The van der Waals surface area contributed by atoms with E-state index in [2.05, 4.69) is 20.6 Å². The highest BCUT2D eigenvalue weighted by Crippen LogP contribution is 2.22. The number of aromatic nitrogens is 2. The van der Waals surface area contributed by atoms with E-state index < -0.39 is 0 Å². The monoisotopic (exact) mass is 396 g/mol. The van der Waals surface area contributed by atoms with Crippen molar-refractivity contribution in [2.75, 3.05) is 17.7 Å². The Kier molecular flexibility index (Phi) is 5.66. The number of rotatable bonds is 6. The number of carbonyl (C=O) groups is 1. The Hall–Kier alpha value is -4.19. The van der Waals surface area contributed by atoms with E-state index >= 15 is 0 Å². The average molecular weight is 396 g/mol. The average Bonchev–Trinajstić information content (AvgIpc) is 2.80. The number of ether oxygens (including phenoxy) is 1. The number of amides is 1. The number of methoxy groups -OCH3 is 1. The standard InChI is InChI=1S/C24H20N4O2/c1-30-20-14-12-19(13-15-20)26-24(29)21-16-22(25-18-10-6-3-7-11-18)28-23(27-21)17-8-4-2-5-9-17/h2-16H,1H3,(H,26,29)(H,25,27,28). The maximum absolute atomic E-state index is 12.9. The second-order valence-corrected chi connectivity index (χ2v) is 6.50. The van der Waals surface area contributed by atoms with Crippen molar-refractivity contribution >= 4 is 23.1 Å². The summed E-state index contributed by atoms with van der Waals surface area (Å²) in [5.41, 5.74) is 2.61. The molecule has 4 aromatic rings. The van der Waals surface area contributed by atoms with Gasteiger partial charge in [0.1, 0.15) is 17.3 Å². The third-order valence-corrected chi connectivity index (χ3v) is 4.38. The van der Waals surface area contributed by atoms with Crippen LogP contribution in [0, 0.1) is 0 Å². The Balaban J connectivity index is 1.66. The Labute approximate surface area is 174 Å². The molecule has 0 aliphatic rings. The highest BCUT2D eigenvalue weighted by Gasteiger charge is 2.14. The molecular formula is C24H20N4O2. The number of hydrogen-bond acceptors (Lipinski definition) is 5. The predicted molar refractivity (Wildman–Crippen MR) is 118 cm³/mol. The lowest BCUT2D eigenvalue weighted by molar-refractivity contribution is 0.102. The van der Waals surface area contributed by atoms with E-state index in [0.717, 1.165) is 17.0 Å². The highest BCUT2D eigenvalue weighted by atomic mass is 16.5. The van der Waals surface area contributed by atoms with Crippen LogP contribution in [0.15, 0.2) is 91.0 Å². The molecule has 0 saturated heterocycles. The number of carbonyl (C=O) groups excluding carboxylic acids is 1. The van der Waals surface area contributed by atoms with Crippen LogP contribution in [0.25, 0.3) is 11.4 Å². The number of benzene rings is 3. The minimum absolute atomic E-state index is 0.262. The third kappa shape index (κ3) is 4.62. The van der Waals surface area contributed by atoms with E-state index in [1.54, 1.807) is 37.4 Å². The Morgan fingerprint density at radius 1 is 0.800 bits per heavy atom. The van der Waals surface area contributed by atoms with E-state index in [1.165, 1.54) is 0 Å². The second-order valence-electron chi connectivity index (χ2n) is 6.50. The van der Waals surface area contributed by atoms with Crippen molar-refractivity contribution in [3.8, 4) is 17.1 Å². The van der Waals surface area contributed by atoms with E-state index in [9.17, 15) is 4.79 Å². The maximum atomic E-state index is 12.9. The van der Waals surface area contributed by atoms with Crippen molar-refractivity contribution in [3.05, 3.63) is 96.7 Å². The van der Waals surface area contributed by atoms with Gasteiger partial charge in [0.05, 0.1) is 7.11 Å². The van der Waals surface area contributed by atoms with Crippen LogP contribution >= 0.6 is 0 Å². The van der Waals surface area contributed by atoms with Gasteiger partial charge in [-0.2, -0.15) is 0 Å². The zero-order valence-electron chi connectivity index (χ0n) is 16.4. The Morgan fingerprint density at radius 3 is 2.13 bits per heavy atom. The SMILES string of the molecule is COc1ccc(NC(=O)c2cc(Nc3ccccc3)nc(-c3ccccc3)n2)cc1. The van der Waals surface area contributed by atoms with Gasteiger partial charge in [-0.05, 0) is 36.4 Å². The molecular weight excluding hydrogens is 376 g/mol. The lowest BCUT2D eigenvalue weighted by Crippen LogP contribution is -2.15. The topological polar surface area (TPSA) is 76.1 Å². The second kappa shape index (κ2) is 8.87. The fourth-order valence-corrected chi connectivity index (χ4v) is 2.88. The largest absolute Gasteiger partial charge is 0.497 e. The Bertz CT molecular complexity index is 1130. The molecule has 0 fully saturated rings. The molecule has 30 heavy (non-hydrogen) atoms. The van der Waals surface area contributed by atoms with Crippen molar-refractivity contribution in [2.45, 2.75) is 0 Å². The molecule has 1 heterocycles. The van der Waals surface area contributed by atoms with Crippen molar-refractivity contribution < 1.29 is 9.53 Å². The number of para-hydroxylation sites is 1. The van der Waals surface area contributed by atoms with Gasteiger partial charge >= 0.3 is 0 Å². The molecule has 0 saturated carbocycles. The van der Waals surface area contributed by atoms with E-state index in [0.29, 0.717) is 17.3 Å². The quantitative estimate of drug-likeness (QED) is 0.471. The summed E-state index contributed by atoms with van der Waals surface area (Å²) in [6, 6.07) is 28.0. The first kappa shape index (κ1) is 19.1. The van der Waals surface area contributed by atoms with Crippen LogP contribution in [0.1, 0.15) is 10.5 Å². The van der Waals surface area contributed by atoms with Crippen LogP contribution in [-0.2, 0) is 0 Å². The van der Waals surface area contributed by atoms with Gasteiger partial charge in [-0.1, -0.05) is 48.5 Å². The predicted octanol–water partition coefficient (Wildman–Crippen LogP) is 5.15. The van der Waals surface area contributed by atoms with Crippen LogP contribution in [-0.4, -0.2) is 23.0 Å². The molecule has 1 amide bonds. The summed E-state index contributed by atoms with van der Waals surface area (Å²) in [6.45, 7) is 0. The molecule has 2 N–H and O–H groups in total. The van der Waals surface area contributed by atoms with Crippen molar-refractivity contribution in [3.63, 3.8) is 0 Å². The van der Waals surface area contributed by atoms with Gasteiger partial charge < -0.3 is 15.4 Å². The van der Waals surface area contributed by atoms with Crippen molar-refractivity contribution in [1.29, 1.82) is 0 Å². The number of nitrogens with one attached hydrogen (secondary N) is 2. The van der Waals surface area contributed by atoms with Gasteiger partial charge in [-0.15, -0.1) is 0 Å². The summed E-state index contributed by atoms with van der Waals surface area (Å²) in [4.78, 5) is 22.0. The summed E-state index contributed by atoms with van der Waals surface area (Å²) in [5.74, 6) is 1.40. The maximum Gasteiger partial charge on any atom is 0.274 e. The minimum Gasteiger partial charge on any atom is -0.497 e. The van der Waals surface area contributed by atoms with Crippen LogP contribution in [0.5, 0.6) is 5.75 Å². The minimum atomic E-state index is -0.323. The molecule has 0 bridgehead atoms. The first-order chi connectivity index (χ1) is 14.7. The number of anilines is 3. The molecule has 0 atom stereocenters. The van der Waals surface area contributed by atoms with E-state index in [-0.39, 0.29) is 11.6 Å². The molecule has 148 valence electrons. The molecule has 0 aliphatic carbocycles. The van der Waals surface area contributed by atoms with Crippen LogP contribution in [0.4, 0.5) is 17.2 Å². The van der Waals surface area contributed by atoms with Crippen molar-refractivity contribution in [2.24, 2.45) is 0 Å². The number of hydrogen-bond donors (Lipinski definition) is 2. The molecule has 0 unspecified atom stereocenters. The molecule has 6 heteroatoms.